The first kappa shape index (κ1) is 98.3. The van der Waals surface area contributed by atoms with E-state index in [1.807, 2.05) is 54.5 Å². The summed E-state index contributed by atoms with van der Waals surface area (Å²) in [4.78, 5) is 99.5. The number of aliphatic hydroxyl groups is 2. The van der Waals surface area contributed by atoms with Crippen molar-refractivity contribution in [1.82, 2.24) is 17.1 Å². The van der Waals surface area contributed by atoms with Gasteiger partial charge in [-0.25, -0.2) is 0 Å². The number of aromatic nitrogens is 5. The van der Waals surface area contributed by atoms with Crippen molar-refractivity contribution in [2.45, 2.75) is 225 Å². The van der Waals surface area contributed by atoms with Gasteiger partial charge in [0.1, 0.15) is 0 Å². The van der Waals surface area contributed by atoms with Crippen LogP contribution < -0.4 is 21.4 Å². The molecule has 18 bridgehead atoms. The first-order valence-corrected chi connectivity index (χ1v) is 59.7. The van der Waals surface area contributed by atoms with Gasteiger partial charge in [0.15, 0.2) is 0 Å². The molecule has 0 spiro atoms. The Labute approximate surface area is 804 Å². The predicted molar refractivity (Wildman–Crippen MR) is 524 cm³/mol. The van der Waals surface area contributed by atoms with Gasteiger partial charge in [0.2, 0.25) is 0 Å². The minimum atomic E-state index is -6.89. The third-order valence-electron chi connectivity index (χ3n) is 28.6. The number of halogens is 6. The molecular weight excluding hydrogens is 2090 g/mol. The summed E-state index contributed by atoms with van der Waals surface area (Å²) in [7, 11) is 0. The topological polar surface area (TPSA) is 366 Å². The second kappa shape index (κ2) is 36.9. The number of carboxylic acid groups (broad SMARTS) is 6. The Kier molecular flexibility index (Phi) is 26.5. The summed E-state index contributed by atoms with van der Waals surface area (Å²) >= 11 is -20.4. The van der Waals surface area contributed by atoms with Crippen molar-refractivity contribution in [3.63, 3.8) is 0 Å². The van der Waals surface area contributed by atoms with E-state index in [-0.39, 0.29) is 123 Å². The maximum atomic E-state index is 18.0. The van der Waals surface area contributed by atoms with Crippen LogP contribution in [0, 0.1) is 34.6 Å². The Morgan fingerprint density at radius 2 is 0.803 bits per heavy atom. The molecule has 0 aliphatic carbocycles. The normalized spacial score (nSPS) is 19.3. The number of rotatable bonds is 24. The van der Waals surface area contributed by atoms with Crippen LogP contribution in [0.5, 0.6) is 0 Å². The first-order valence-electron chi connectivity index (χ1n) is 45.6. The maximum absolute atomic E-state index is 18.0. The van der Waals surface area contributed by atoms with Crippen LogP contribution >= 0.6 is 0 Å². The van der Waals surface area contributed by atoms with Crippen molar-refractivity contribution in [2.75, 3.05) is 0 Å². The van der Waals surface area contributed by atoms with Gasteiger partial charge in [-0.05, 0) is 0 Å². The fourth-order valence-electron chi connectivity index (χ4n) is 21.6. The van der Waals surface area contributed by atoms with E-state index in [0.29, 0.717) is 198 Å². The first-order chi connectivity index (χ1) is 64.6. The molecule has 0 saturated heterocycles. The molecule has 26 nitrogen and oxygen atoms in total. The molecule has 35 heteroatoms. The molecule has 0 radical (unpaired) electrons. The molecule has 0 saturated carbocycles. The number of aliphatic hydroxyl groups excluding tert-OH is 2. The summed E-state index contributed by atoms with van der Waals surface area (Å²) in [5.41, 5.74) is 23.3. The number of hydrogen-bond donors (Lipinski definition) is 8. The minimum absolute atomic E-state index is 0.0248. The molecule has 18 heterocycles. The van der Waals surface area contributed by atoms with Crippen LogP contribution in [0.3, 0.4) is 0 Å². The number of fused-ring (bicyclic) bond motifs is 6. The van der Waals surface area contributed by atoms with Crippen molar-refractivity contribution in [3.05, 3.63) is 254 Å². The zero-order valence-electron chi connectivity index (χ0n) is 78.9. The van der Waals surface area contributed by atoms with Gasteiger partial charge in [0, 0.05) is 0 Å². The van der Waals surface area contributed by atoms with Gasteiger partial charge in [-0.15, -0.1) is 0 Å². The third-order valence-corrected chi connectivity index (χ3v) is 46.3. The molecule has 3 unspecified atom stereocenters. The molecule has 0 fully saturated rings. The van der Waals surface area contributed by atoms with E-state index in [1.54, 1.807) is 128 Å². The molecule has 13 aliphatic heterocycles. The third kappa shape index (κ3) is 16.6. The number of nitrogens with zero attached hydrogens (tertiary/aromatic N) is 12. The molecule has 3 atom stereocenters. The number of hydrogen-bond acceptors (Lipinski definition) is 15. The Hall–Kier alpha value is -11.7. The SMILES string of the molecule is C=CC1=C(C)C2=NC1=Cc1c(C)c(C=C)c3[n]1[Sn]([F])([F])[n]1c(c(C)c(CCC(=O)O)c1=CC1=NC(=C3)C(C)=C1CCC(=O)O)=C2.CC1=C(CCC(=O)O)C2=NC1=Cc1c(C(C)O)c(C)c3[n]1[Sn]([F])([F])[N]1C(=CC4=NC(=C3)C(C(C)O)=C4C)C(C)=C(CCC(=O)O)C1C2.CCC1=C(C)C2=Cc3c(C)c(CCC(=O)O)c4[n]3[Sn]([F])([F])[n]3c(c(C)c(CC)c3=CC3=NC(=C4)C(CCC(=O)O)=C3C)=CC1=N2. The molecule has 712 valence electrons. The summed E-state index contributed by atoms with van der Waals surface area (Å²) in [6.45, 7) is 36.9. The van der Waals surface area contributed by atoms with Gasteiger partial charge < -0.3 is 0 Å². The van der Waals surface area contributed by atoms with E-state index in [2.05, 4.69) is 13.2 Å². The Balaban J connectivity index is 0.000000149. The number of carbonyl (C=O) groups is 6. The van der Waals surface area contributed by atoms with Gasteiger partial charge in [0.05, 0.1) is 0 Å². The van der Waals surface area contributed by atoms with E-state index in [1.165, 1.54) is 18.4 Å². The average Bonchev–Trinajstić information content (AvgIpc) is 1.56. The Morgan fingerprint density at radius 3 is 1.38 bits per heavy atom. The van der Waals surface area contributed by atoms with Crippen LogP contribution in [0.25, 0.3) is 66.8 Å². The summed E-state index contributed by atoms with van der Waals surface area (Å²) in [6.07, 6.45) is 20.3. The second-order valence-electron chi connectivity index (χ2n) is 36.3. The number of aliphatic carboxylic acids is 6. The van der Waals surface area contributed by atoms with E-state index >= 15 is 17.2 Å². The molecule has 18 rings (SSSR count). The van der Waals surface area contributed by atoms with Crippen LogP contribution in [0.1, 0.15) is 249 Å². The number of carboxylic acids is 6. The zero-order chi connectivity index (χ0) is 99.3. The van der Waals surface area contributed by atoms with Crippen molar-refractivity contribution in [2.24, 2.45) is 30.0 Å². The number of aliphatic imine (C=N–C) groups is 6. The second-order valence-corrected chi connectivity index (χ2v) is 52.8. The van der Waals surface area contributed by atoms with Gasteiger partial charge >= 0.3 is 811 Å². The van der Waals surface area contributed by atoms with Crippen LogP contribution in [-0.2, 0) is 48.0 Å². The van der Waals surface area contributed by atoms with Crippen molar-refractivity contribution >= 4 is 197 Å². The van der Waals surface area contributed by atoms with Gasteiger partial charge in [-0.1, -0.05) is 0 Å². The van der Waals surface area contributed by atoms with Crippen LogP contribution in [0.4, 0.5) is 17.2 Å². The van der Waals surface area contributed by atoms with Gasteiger partial charge in [-0.3, -0.25) is 0 Å². The molecule has 137 heavy (non-hydrogen) atoms. The zero-order valence-corrected chi connectivity index (χ0v) is 87.5. The fourth-order valence-corrected chi connectivity index (χ4v) is 41.0. The van der Waals surface area contributed by atoms with Crippen LogP contribution in [0.2, 0.25) is 0 Å². The summed E-state index contributed by atoms with van der Waals surface area (Å²) < 4.78 is 115. The molecular formula is C102H106F6N12O14Sn3. The molecule has 13 aliphatic rings. The molecule has 5 aromatic heterocycles. The summed E-state index contributed by atoms with van der Waals surface area (Å²) in [5, 5.41) is 80.6. The van der Waals surface area contributed by atoms with E-state index in [0.717, 1.165) is 44.6 Å². The van der Waals surface area contributed by atoms with Gasteiger partial charge in [0.25, 0.3) is 0 Å². The molecule has 5 aromatic rings. The van der Waals surface area contributed by atoms with E-state index in [9.17, 15) is 69.6 Å². The average molecular weight is 2190 g/mol. The van der Waals surface area contributed by atoms with Crippen molar-refractivity contribution in [1.29, 1.82) is 0 Å². The van der Waals surface area contributed by atoms with Crippen molar-refractivity contribution < 1.29 is 86.8 Å². The van der Waals surface area contributed by atoms with Crippen molar-refractivity contribution in [3.8, 4) is 0 Å². The van der Waals surface area contributed by atoms with E-state index < -0.39 is 114 Å². The van der Waals surface area contributed by atoms with E-state index in [4.69, 9.17) is 30.0 Å². The van der Waals surface area contributed by atoms with Crippen LogP contribution in [-0.4, -0.2) is 200 Å². The fraction of sp³-hybridized carbons (Fsp3) is 0.333. The summed E-state index contributed by atoms with van der Waals surface area (Å²) in [5.74, 6) is -6.05. The van der Waals surface area contributed by atoms with Gasteiger partial charge in [-0.2, -0.15) is 0 Å². The Bertz CT molecular complexity index is 7440. The molecule has 8 N–H and O–H groups in total. The predicted octanol–water partition coefficient (Wildman–Crippen LogP) is 16.3. The molecule has 0 aromatic carbocycles. The standard InChI is InChI=1S/C34H40N4O6.C34H38N4O4.C34H34N4O4.6FH.3Sn/c1-15-21(7-9-31(41)42)27-14-28-22(8-10-32(43)44)16(2)24(36-28)12-29-34(20(6)40)18(4)26(38-29)13-30-33(19(5)39)17(3)25(37-30)11-23(15)35-27;2*1-7-21-17(3)25-13-26-19(5)23(9-11-33(39)40)31(37-26)16-32-24(10-12-34(41)42)20(6)28(38-32)15-30-22(8-2)18(4)27(36-30)14-29(21)35-25;;;;;;;;;/h11-13,19-20,27,39-40H,7-10,14H2,1-6H3,(H4,35,36,37,38,41,42,43,44);13-16H,7-12H2,1-6H3,(H4,35,36,37,38,39,40,41,42);7-8,13-16H,1-2,9-12H2,3-6H3,(H4,35,36,37,38,39,40,41,42);6*1H;;;/q;;;;;;;;;3*+4/p-12. The Morgan fingerprint density at radius 1 is 0.380 bits per heavy atom. The van der Waals surface area contributed by atoms with Crippen LogP contribution in [0.15, 0.2) is 173 Å². The quantitative estimate of drug-likeness (QED) is 0.0210. The number of allylic oxidation sites excluding steroid dienone is 13. The molecule has 0 amide bonds. The monoisotopic (exact) mass is 2200 g/mol. The summed E-state index contributed by atoms with van der Waals surface area (Å²) in [6, 6.07) is -0.945.